The van der Waals surface area contributed by atoms with E-state index in [-0.39, 0.29) is 38.1 Å². The summed E-state index contributed by atoms with van der Waals surface area (Å²) < 4.78 is 0. The van der Waals surface area contributed by atoms with Gasteiger partial charge in [0.15, 0.2) is 0 Å². The van der Waals surface area contributed by atoms with Crippen LogP contribution in [0.15, 0.2) is 0 Å². The lowest BCUT2D eigenvalue weighted by Gasteiger charge is -2.34. The van der Waals surface area contributed by atoms with Gasteiger partial charge in [-0.2, -0.15) is 0 Å². The van der Waals surface area contributed by atoms with Crippen LogP contribution >= 0.6 is 0 Å². The first-order valence-corrected chi connectivity index (χ1v) is 5.39. The molecular formula is C11H23NO3. The number of carbonyl (C=O) groups is 1. The highest BCUT2D eigenvalue weighted by Gasteiger charge is 2.34. The average molecular weight is 217 g/mol. The summed E-state index contributed by atoms with van der Waals surface area (Å²) in [5.41, 5.74) is -0.454. The summed E-state index contributed by atoms with van der Waals surface area (Å²) in [6.45, 7) is 8.20. The van der Waals surface area contributed by atoms with Crippen molar-refractivity contribution in [2.24, 2.45) is 11.3 Å². The van der Waals surface area contributed by atoms with Gasteiger partial charge < -0.3 is 15.1 Å². The summed E-state index contributed by atoms with van der Waals surface area (Å²) in [7, 11) is 0. The molecule has 0 heterocycles. The van der Waals surface area contributed by atoms with Gasteiger partial charge in [0.2, 0.25) is 5.91 Å². The molecule has 4 nitrogen and oxygen atoms in total. The SMILES string of the molecule is CC(C)C(C)(C)C(=O)N(CCO)CCO. The van der Waals surface area contributed by atoms with Crippen LogP contribution in [0, 0.1) is 11.3 Å². The Morgan fingerprint density at radius 2 is 1.60 bits per heavy atom. The van der Waals surface area contributed by atoms with Crippen molar-refractivity contribution in [2.45, 2.75) is 27.7 Å². The Balaban J connectivity index is 4.61. The molecule has 0 aromatic rings. The molecule has 0 bridgehead atoms. The van der Waals surface area contributed by atoms with Gasteiger partial charge in [0.05, 0.1) is 13.2 Å². The molecule has 1 amide bonds. The lowest BCUT2D eigenvalue weighted by atomic mass is 9.80. The first-order valence-electron chi connectivity index (χ1n) is 5.39. The third-order valence-corrected chi connectivity index (χ3v) is 3.02. The predicted molar refractivity (Wildman–Crippen MR) is 59.4 cm³/mol. The van der Waals surface area contributed by atoms with Crippen LogP contribution in [-0.4, -0.2) is 47.3 Å². The molecule has 2 N–H and O–H groups in total. The summed E-state index contributed by atoms with van der Waals surface area (Å²) >= 11 is 0. The van der Waals surface area contributed by atoms with Crippen molar-refractivity contribution in [1.29, 1.82) is 0 Å². The molecule has 0 aromatic carbocycles. The zero-order chi connectivity index (χ0) is 12.1. The minimum Gasteiger partial charge on any atom is -0.395 e. The van der Waals surface area contributed by atoms with Gasteiger partial charge in [-0.3, -0.25) is 4.79 Å². The number of carbonyl (C=O) groups excluding carboxylic acids is 1. The molecule has 0 fully saturated rings. The van der Waals surface area contributed by atoms with Gasteiger partial charge in [0.1, 0.15) is 0 Å². The van der Waals surface area contributed by atoms with Crippen molar-refractivity contribution in [1.82, 2.24) is 4.90 Å². The Labute approximate surface area is 91.9 Å². The van der Waals surface area contributed by atoms with Crippen LogP contribution < -0.4 is 0 Å². The normalized spacial score (nSPS) is 11.9. The molecule has 0 saturated heterocycles. The quantitative estimate of drug-likeness (QED) is 0.680. The lowest BCUT2D eigenvalue weighted by molar-refractivity contribution is -0.143. The van der Waals surface area contributed by atoms with Crippen LogP contribution in [-0.2, 0) is 4.79 Å². The highest BCUT2D eigenvalue weighted by Crippen LogP contribution is 2.28. The third kappa shape index (κ3) is 3.80. The van der Waals surface area contributed by atoms with Gasteiger partial charge >= 0.3 is 0 Å². The van der Waals surface area contributed by atoms with E-state index in [9.17, 15) is 4.79 Å². The molecule has 90 valence electrons. The van der Waals surface area contributed by atoms with Gasteiger partial charge in [0, 0.05) is 18.5 Å². The Kier molecular flexibility index (Phi) is 5.83. The smallest absolute Gasteiger partial charge is 0.228 e. The van der Waals surface area contributed by atoms with E-state index in [0.29, 0.717) is 0 Å². The Morgan fingerprint density at radius 1 is 1.20 bits per heavy atom. The van der Waals surface area contributed by atoms with Crippen molar-refractivity contribution in [3.8, 4) is 0 Å². The number of aliphatic hydroxyl groups excluding tert-OH is 2. The van der Waals surface area contributed by atoms with Crippen molar-refractivity contribution >= 4 is 5.91 Å². The van der Waals surface area contributed by atoms with E-state index in [4.69, 9.17) is 10.2 Å². The van der Waals surface area contributed by atoms with E-state index in [0.717, 1.165) is 0 Å². The topological polar surface area (TPSA) is 60.8 Å². The molecule has 15 heavy (non-hydrogen) atoms. The highest BCUT2D eigenvalue weighted by molar-refractivity contribution is 5.82. The van der Waals surface area contributed by atoms with Crippen molar-refractivity contribution in [3.05, 3.63) is 0 Å². The van der Waals surface area contributed by atoms with Crippen molar-refractivity contribution < 1.29 is 15.0 Å². The van der Waals surface area contributed by atoms with Crippen molar-refractivity contribution in [3.63, 3.8) is 0 Å². The molecule has 0 aliphatic rings. The Hall–Kier alpha value is -0.610. The van der Waals surface area contributed by atoms with Crippen LogP contribution in [0.2, 0.25) is 0 Å². The van der Waals surface area contributed by atoms with Gasteiger partial charge in [0.25, 0.3) is 0 Å². The monoisotopic (exact) mass is 217 g/mol. The molecule has 0 aromatic heterocycles. The maximum atomic E-state index is 12.1. The van der Waals surface area contributed by atoms with Crippen LogP contribution in [0.3, 0.4) is 0 Å². The minimum atomic E-state index is -0.454. The number of aliphatic hydroxyl groups is 2. The third-order valence-electron chi connectivity index (χ3n) is 3.02. The van der Waals surface area contributed by atoms with Gasteiger partial charge in [-0.15, -0.1) is 0 Å². The fraction of sp³-hybridized carbons (Fsp3) is 0.909. The van der Waals surface area contributed by atoms with E-state index < -0.39 is 5.41 Å². The highest BCUT2D eigenvalue weighted by atomic mass is 16.3. The van der Waals surface area contributed by atoms with Crippen LogP contribution in [0.5, 0.6) is 0 Å². The Bertz CT molecular complexity index is 196. The number of amides is 1. The molecular weight excluding hydrogens is 194 g/mol. The van der Waals surface area contributed by atoms with E-state index in [1.54, 1.807) is 0 Å². The largest absolute Gasteiger partial charge is 0.395 e. The number of nitrogens with zero attached hydrogens (tertiary/aromatic N) is 1. The van der Waals surface area contributed by atoms with Crippen LogP contribution in [0.25, 0.3) is 0 Å². The molecule has 0 aliphatic carbocycles. The van der Waals surface area contributed by atoms with Gasteiger partial charge in [-0.05, 0) is 5.92 Å². The second kappa shape index (κ2) is 6.08. The van der Waals surface area contributed by atoms with E-state index in [2.05, 4.69) is 0 Å². The van der Waals surface area contributed by atoms with Crippen molar-refractivity contribution in [2.75, 3.05) is 26.3 Å². The summed E-state index contributed by atoms with van der Waals surface area (Å²) in [5, 5.41) is 17.7. The van der Waals surface area contributed by atoms with Gasteiger partial charge in [-0.25, -0.2) is 0 Å². The summed E-state index contributed by atoms with van der Waals surface area (Å²) in [4.78, 5) is 13.6. The van der Waals surface area contributed by atoms with E-state index in [1.807, 2.05) is 27.7 Å². The molecule has 0 rings (SSSR count). The molecule has 0 aliphatic heterocycles. The second-order valence-electron chi connectivity index (χ2n) is 4.62. The molecule has 0 atom stereocenters. The lowest BCUT2D eigenvalue weighted by Crippen LogP contribution is -2.45. The summed E-state index contributed by atoms with van der Waals surface area (Å²) in [5.74, 6) is 0.213. The fourth-order valence-electron chi connectivity index (χ4n) is 1.21. The average Bonchev–Trinajstić information content (AvgIpc) is 2.16. The number of rotatable bonds is 6. The Morgan fingerprint density at radius 3 is 1.87 bits per heavy atom. The standard InChI is InChI=1S/C11H23NO3/c1-9(2)11(3,4)10(15)12(5-7-13)6-8-14/h9,13-14H,5-8H2,1-4H3. The second-order valence-corrected chi connectivity index (χ2v) is 4.62. The summed E-state index contributed by atoms with van der Waals surface area (Å²) in [6, 6.07) is 0. The molecule has 0 saturated carbocycles. The molecule has 0 spiro atoms. The fourth-order valence-corrected chi connectivity index (χ4v) is 1.21. The molecule has 0 radical (unpaired) electrons. The number of hydrogen-bond donors (Lipinski definition) is 2. The van der Waals surface area contributed by atoms with Crippen LogP contribution in [0.1, 0.15) is 27.7 Å². The maximum Gasteiger partial charge on any atom is 0.228 e. The zero-order valence-electron chi connectivity index (χ0n) is 10.2. The minimum absolute atomic E-state index is 0.0133. The summed E-state index contributed by atoms with van der Waals surface area (Å²) in [6.07, 6.45) is 0. The van der Waals surface area contributed by atoms with E-state index >= 15 is 0 Å². The maximum absolute atomic E-state index is 12.1. The predicted octanol–water partition coefficient (Wildman–Crippen LogP) is 0.482. The zero-order valence-corrected chi connectivity index (χ0v) is 10.2. The van der Waals surface area contributed by atoms with Crippen LogP contribution in [0.4, 0.5) is 0 Å². The number of hydrogen-bond acceptors (Lipinski definition) is 3. The molecule has 0 unspecified atom stereocenters. The molecule has 4 heteroatoms. The first kappa shape index (κ1) is 14.4. The first-order chi connectivity index (χ1) is 6.87. The van der Waals surface area contributed by atoms with E-state index in [1.165, 1.54) is 4.90 Å². The van der Waals surface area contributed by atoms with Gasteiger partial charge in [-0.1, -0.05) is 27.7 Å².